The number of benzene rings is 1. The summed E-state index contributed by atoms with van der Waals surface area (Å²) in [4.78, 5) is 19.0. The number of piperidine rings is 1. The van der Waals surface area contributed by atoms with Crippen molar-refractivity contribution in [3.63, 3.8) is 0 Å². The monoisotopic (exact) mass is 475 g/mol. The second-order valence-corrected chi connectivity index (χ2v) is 9.08. The number of hydrogen-bond acceptors (Lipinski definition) is 6. The van der Waals surface area contributed by atoms with E-state index in [4.69, 9.17) is 16.7 Å². The summed E-state index contributed by atoms with van der Waals surface area (Å²) in [6.07, 6.45) is 5.01. The molecule has 0 bridgehead atoms. The Labute approximate surface area is 203 Å². The van der Waals surface area contributed by atoms with Gasteiger partial charge in [0, 0.05) is 43.0 Å². The van der Waals surface area contributed by atoms with E-state index in [1.807, 2.05) is 54.9 Å². The normalized spacial score (nSPS) is 14.5. The summed E-state index contributed by atoms with van der Waals surface area (Å²) in [7, 11) is 0. The molecule has 5 rings (SSSR count). The quantitative estimate of drug-likeness (QED) is 0.469. The van der Waals surface area contributed by atoms with E-state index in [1.165, 1.54) is 0 Å². The van der Waals surface area contributed by atoms with Gasteiger partial charge in [0.25, 0.3) is 0 Å². The molecule has 0 radical (unpaired) electrons. The van der Waals surface area contributed by atoms with Crippen molar-refractivity contribution in [1.82, 2.24) is 30.3 Å². The Morgan fingerprint density at radius 3 is 2.59 bits per heavy atom. The molecule has 9 heteroatoms. The third-order valence-corrected chi connectivity index (χ3v) is 6.66. The molecule has 0 atom stereocenters. The minimum absolute atomic E-state index is 0.0184. The van der Waals surface area contributed by atoms with Gasteiger partial charge in [-0.15, -0.1) is 5.10 Å². The molecule has 4 aromatic rings. The van der Waals surface area contributed by atoms with E-state index in [0.717, 1.165) is 65.3 Å². The Morgan fingerprint density at radius 1 is 1.12 bits per heavy atom. The second-order valence-electron chi connectivity index (χ2n) is 8.65. The predicted octanol–water partition coefficient (Wildman–Crippen LogP) is 4.01. The van der Waals surface area contributed by atoms with Crippen LogP contribution in [0.3, 0.4) is 0 Å². The number of aromatic nitrogens is 5. The Kier molecular flexibility index (Phi) is 6.15. The van der Waals surface area contributed by atoms with Crippen LogP contribution in [0.25, 0.3) is 16.6 Å². The predicted molar refractivity (Wildman–Crippen MR) is 132 cm³/mol. The maximum Gasteiger partial charge on any atom is 0.223 e. The van der Waals surface area contributed by atoms with Crippen molar-refractivity contribution in [1.29, 1.82) is 0 Å². The number of fused-ring (bicyclic) bond motifs is 1. The third-order valence-electron chi connectivity index (χ3n) is 6.41. The first-order valence-electron chi connectivity index (χ1n) is 11.4. The number of anilines is 1. The lowest BCUT2D eigenvalue weighted by Gasteiger charge is -2.32. The smallest absolute Gasteiger partial charge is 0.223 e. The van der Waals surface area contributed by atoms with E-state index >= 15 is 0 Å². The number of aryl methyl sites for hydroxylation is 2. The zero-order valence-electron chi connectivity index (χ0n) is 19.2. The minimum atomic E-state index is -0.0184. The molecule has 0 saturated carbocycles. The lowest BCUT2D eigenvalue weighted by molar-refractivity contribution is -0.125. The molecule has 34 heavy (non-hydrogen) atoms. The summed E-state index contributed by atoms with van der Waals surface area (Å²) in [5.74, 6) is 0.840. The topological polar surface area (TPSA) is 88.8 Å². The molecule has 1 saturated heterocycles. The van der Waals surface area contributed by atoms with E-state index in [1.54, 1.807) is 12.4 Å². The number of rotatable bonds is 5. The zero-order chi connectivity index (χ0) is 23.7. The van der Waals surface area contributed by atoms with Gasteiger partial charge in [0.15, 0.2) is 5.82 Å². The molecule has 8 nitrogen and oxygen atoms in total. The van der Waals surface area contributed by atoms with Crippen LogP contribution in [0.2, 0.25) is 5.02 Å². The number of halogens is 1. The SMILES string of the molecule is Cc1nnc(N2CCC(C(=O)NCc3cccnc3)CC2)c2nn(-c3ccc(Cl)cc3)c(C)c12. The van der Waals surface area contributed by atoms with Crippen molar-refractivity contribution < 1.29 is 4.79 Å². The van der Waals surface area contributed by atoms with Gasteiger partial charge in [-0.2, -0.15) is 10.2 Å². The highest BCUT2D eigenvalue weighted by Crippen LogP contribution is 2.31. The van der Waals surface area contributed by atoms with Crippen molar-refractivity contribution in [3.8, 4) is 5.69 Å². The first-order chi connectivity index (χ1) is 16.5. The first kappa shape index (κ1) is 22.3. The van der Waals surface area contributed by atoms with E-state index in [0.29, 0.717) is 11.6 Å². The molecule has 1 aliphatic heterocycles. The Hall–Kier alpha value is -3.52. The minimum Gasteiger partial charge on any atom is -0.353 e. The van der Waals surface area contributed by atoms with E-state index in [2.05, 4.69) is 25.4 Å². The molecule has 174 valence electrons. The molecule has 1 N–H and O–H groups in total. The molecule has 0 unspecified atom stereocenters. The fraction of sp³-hybridized carbons (Fsp3) is 0.320. The molecule has 1 amide bonds. The lowest BCUT2D eigenvalue weighted by atomic mass is 9.95. The van der Waals surface area contributed by atoms with Crippen LogP contribution in [0, 0.1) is 19.8 Å². The van der Waals surface area contributed by atoms with Crippen LogP contribution in [0.5, 0.6) is 0 Å². The molecular formula is C25H26ClN7O. The molecule has 0 spiro atoms. The zero-order valence-corrected chi connectivity index (χ0v) is 20.0. The Morgan fingerprint density at radius 2 is 1.88 bits per heavy atom. The maximum absolute atomic E-state index is 12.7. The highest BCUT2D eigenvalue weighted by molar-refractivity contribution is 6.30. The molecule has 4 heterocycles. The van der Waals surface area contributed by atoms with Crippen LogP contribution < -0.4 is 10.2 Å². The van der Waals surface area contributed by atoms with Gasteiger partial charge in [-0.3, -0.25) is 9.78 Å². The van der Waals surface area contributed by atoms with Crippen molar-refractivity contribution in [3.05, 3.63) is 70.8 Å². The van der Waals surface area contributed by atoms with Crippen LogP contribution in [-0.2, 0) is 11.3 Å². The average molecular weight is 476 g/mol. The highest BCUT2D eigenvalue weighted by atomic mass is 35.5. The molecule has 1 fully saturated rings. The van der Waals surface area contributed by atoms with Crippen molar-refractivity contribution in [2.75, 3.05) is 18.0 Å². The largest absolute Gasteiger partial charge is 0.353 e. The molecule has 1 aromatic carbocycles. The number of amides is 1. The van der Waals surface area contributed by atoms with E-state index in [-0.39, 0.29) is 11.8 Å². The van der Waals surface area contributed by atoms with Crippen LogP contribution in [0.4, 0.5) is 5.82 Å². The highest BCUT2D eigenvalue weighted by Gasteiger charge is 2.28. The van der Waals surface area contributed by atoms with Crippen molar-refractivity contribution in [2.45, 2.75) is 33.2 Å². The van der Waals surface area contributed by atoms with Gasteiger partial charge in [0.05, 0.1) is 22.5 Å². The fourth-order valence-corrected chi connectivity index (χ4v) is 4.67. The van der Waals surface area contributed by atoms with Crippen LogP contribution in [0.15, 0.2) is 48.8 Å². The van der Waals surface area contributed by atoms with Crippen LogP contribution >= 0.6 is 11.6 Å². The van der Waals surface area contributed by atoms with Crippen LogP contribution in [0.1, 0.15) is 29.8 Å². The van der Waals surface area contributed by atoms with Gasteiger partial charge >= 0.3 is 0 Å². The van der Waals surface area contributed by atoms with Crippen LogP contribution in [-0.4, -0.2) is 44.0 Å². The number of carbonyl (C=O) groups excluding carboxylic acids is 1. The van der Waals surface area contributed by atoms with Gasteiger partial charge in [0.2, 0.25) is 5.91 Å². The molecule has 0 aliphatic carbocycles. The lowest BCUT2D eigenvalue weighted by Crippen LogP contribution is -2.40. The summed E-state index contributed by atoms with van der Waals surface area (Å²) in [6, 6.07) is 11.5. The van der Waals surface area contributed by atoms with Gasteiger partial charge in [-0.05, 0) is 62.6 Å². The number of pyridine rings is 1. The third kappa shape index (κ3) is 4.33. The number of hydrogen-bond donors (Lipinski definition) is 1. The maximum atomic E-state index is 12.7. The number of nitrogens with zero attached hydrogens (tertiary/aromatic N) is 6. The molecular weight excluding hydrogens is 450 g/mol. The van der Waals surface area contributed by atoms with Gasteiger partial charge in [0.1, 0.15) is 5.52 Å². The van der Waals surface area contributed by atoms with E-state index < -0.39 is 0 Å². The van der Waals surface area contributed by atoms with Gasteiger partial charge in [-0.1, -0.05) is 17.7 Å². The summed E-state index contributed by atoms with van der Waals surface area (Å²) in [5.41, 5.74) is 4.63. The second kappa shape index (κ2) is 9.38. The van der Waals surface area contributed by atoms with Crippen molar-refractivity contribution in [2.24, 2.45) is 5.92 Å². The van der Waals surface area contributed by atoms with Crippen molar-refractivity contribution >= 4 is 34.2 Å². The standard InChI is InChI=1S/C25H26ClN7O/c1-16-22-17(2)33(21-7-5-20(26)6-8-21)31-23(22)24(30-29-16)32-12-9-19(10-13-32)25(34)28-15-18-4-3-11-27-14-18/h3-8,11,14,19H,9-10,12-13,15H2,1-2H3,(H,28,34). The Bertz CT molecular complexity index is 1310. The first-order valence-corrected chi connectivity index (χ1v) is 11.8. The van der Waals surface area contributed by atoms with E-state index in [9.17, 15) is 4.79 Å². The fourth-order valence-electron chi connectivity index (χ4n) is 4.55. The summed E-state index contributed by atoms with van der Waals surface area (Å²) in [5, 5.41) is 18.6. The average Bonchev–Trinajstić information content (AvgIpc) is 3.22. The summed E-state index contributed by atoms with van der Waals surface area (Å²) in [6.45, 7) is 5.95. The number of nitrogens with one attached hydrogen (secondary N) is 1. The Balaban J connectivity index is 1.33. The molecule has 1 aliphatic rings. The summed E-state index contributed by atoms with van der Waals surface area (Å²) >= 11 is 6.07. The molecule has 3 aromatic heterocycles. The van der Waals surface area contributed by atoms with Gasteiger partial charge < -0.3 is 10.2 Å². The van der Waals surface area contributed by atoms with Gasteiger partial charge in [-0.25, -0.2) is 4.68 Å². The summed E-state index contributed by atoms with van der Waals surface area (Å²) < 4.78 is 1.92. The number of carbonyl (C=O) groups is 1.